The number of rotatable bonds is 13. The molecule has 2 aliphatic rings. The second kappa shape index (κ2) is 15.5. The molecule has 0 spiro atoms. The zero-order valence-corrected chi connectivity index (χ0v) is 27.2. The fourth-order valence-electron chi connectivity index (χ4n) is 5.18. The van der Waals surface area contributed by atoms with Gasteiger partial charge in [-0.2, -0.15) is 0 Å². The number of morpholine rings is 1. The van der Waals surface area contributed by atoms with Crippen molar-refractivity contribution in [2.24, 2.45) is 4.99 Å². The van der Waals surface area contributed by atoms with E-state index in [1.54, 1.807) is 18.2 Å². The van der Waals surface area contributed by atoms with Gasteiger partial charge in [0, 0.05) is 71.3 Å². The first-order valence-electron chi connectivity index (χ1n) is 14.5. The minimum absolute atomic E-state index is 0.0575. The summed E-state index contributed by atoms with van der Waals surface area (Å²) in [5.74, 6) is 0.613. The fraction of sp³-hybridized carbons (Fsp3) is 0.375. The van der Waals surface area contributed by atoms with E-state index in [0.717, 1.165) is 29.7 Å². The number of aliphatic hydroxyl groups is 1. The third kappa shape index (κ3) is 8.11. The highest BCUT2D eigenvalue weighted by Crippen LogP contribution is 2.45. The normalized spacial score (nSPS) is 20.2. The Bertz CT molecular complexity index is 1440. The number of benzene rings is 3. The van der Waals surface area contributed by atoms with E-state index in [1.807, 2.05) is 48.5 Å². The molecule has 0 aromatic heterocycles. The van der Waals surface area contributed by atoms with Crippen molar-refractivity contribution >= 4 is 50.9 Å². The van der Waals surface area contributed by atoms with E-state index in [1.165, 1.54) is 0 Å². The van der Waals surface area contributed by atoms with Crippen LogP contribution in [0.15, 0.2) is 76.2 Å². The van der Waals surface area contributed by atoms with E-state index in [0.29, 0.717) is 65.6 Å². The Morgan fingerprint density at radius 1 is 1.09 bits per heavy atom. The molecule has 9 nitrogen and oxygen atoms in total. The van der Waals surface area contributed by atoms with Gasteiger partial charge in [-0.25, -0.2) is 10.4 Å². The SMILES string of the molecule is O=C(NNCCN1CCOCC1)[C@@]1(Cc2ccc(Br)cc2)N=C(c2ccc(OCCCO)cc2)O[C@H]1c1ccc(Cl)cc1Cl. The van der Waals surface area contributed by atoms with E-state index in [-0.39, 0.29) is 18.9 Å². The van der Waals surface area contributed by atoms with E-state index >= 15 is 0 Å². The fourth-order valence-corrected chi connectivity index (χ4v) is 5.95. The van der Waals surface area contributed by atoms with Crippen molar-refractivity contribution in [3.63, 3.8) is 0 Å². The number of aliphatic hydroxyl groups excluding tert-OH is 1. The summed E-state index contributed by atoms with van der Waals surface area (Å²) in [6.45, 7) is 4.88. The van der Waals surface area contributed by atoms with Gasteiger partial charge in [0.1, 0.15) is 5.75 Å². The predicted molar refractivity (Wildman–Crippen MR) is 174 cm³/mol. The molecule has 0 saturated carbocycles. The van der Waals surface area contributed by atoms with E-state index in [2.05, 4.69) is 31.7 Å². The van der Waals surface area contributed by atoms with Gasteiger partial charge in [0.25, 0.3) is 5.91 Å². The lowest BCUT2D eigenvalue weighted by molar-refractivity contribution is -0.130. The van der Waals surface area contributed by atoms with Gasteiger partial charge < -0.3 is 19.3 Å². The third-order valence-corrected chi connectivity index (χ3v) is 8.61. The van der Waals surface area contributed by atoms with Gasteiger partial charge in [-0.3, -0.25) is 15.1 Å². The Morgan fingerprint density at radius 2 is 1.84 bits per heavy atom. The molecule has 44 heavy (non-hydrogen) atoms. The van der Waals surface area contributed by atoms with Crippen molar-refractivity contribution in [3.8, 4) is 5.75 Å². The first kappa shape index (κ1) is 32.7. The van der Waals surface area contributed by atoms with Crippen molar-refractivity contribution in [1.29, 1.82) is 0 Å². The maximum absolute atomic E-state index is 14.3. The van der Waals surface area contributed by atoms with Gasteiger partial charge in [-0.15, -0.1) is 0 Å². The van der Waals surface area contributed by atoms with Crippen LogP contribution < -0.4 is 15.6 Å². The van der Waals surface area contributed by atoms with Gasteiger partial charge in [0.15, 0.2) is 11.6 Å². The number of hydrogen-bond donors (Lipinski definition) is 3. The molecule has 1 fully saturated rings. The lowest BCUT2D eigenvalue weighted by Gasteiger charge is -2.31. The number of halogens is 3. The average Bonchev–Trinajstić information content (AvgIpc) is 3.41. The summed E-state index contributed by atoms with van der Waals surface area (Å²) in [5.41, 5.74) is 6.79. The highest BCUT2D eigenvalue weighted by atomic mass is 79.9. The van der Waals surface area contributed by atoms with Crippen LogP contribution in [0.25, 0.3) is 0 Å². The molecule has 2 heterocycles. The summed E-state index contributed by atoms with van der Waals surface area (Å²) < 4.78 is 18.6. The lowest BCUT2D eigenvalue weighted by Crippen LogP contribution is -2.55. The van der Waals surface area contributed by atoms with Crippen molar-refractivity contribution in [2.45, 2.75) is 24.5 Å². The van der Waals surface area contributed by atoms with Crippen LogP contribution in [0.1, 0.15) is 29.2 Å². The lowest BCUT2D eigenvalue weighted by atomic mass is 9.82. The van der Waals surface area contributed by atoms with Crippen LogP contribution in [0.5, 0.6) is 5.75 Å². The summed E-state index contributed by atoms with van der Waals surface area (Å²) in [6, 6.07) is 20.2. The molecule has 0 radical (unpaired) electrons. The summed E-state index contributed by atoms with van der Waals surface area (Å²) in [7, 11) is 0. The highest BCUT2D eigenvalue weighted by Gasteiger charge is 2.54. The minimum Gasteiger partial charge on any atom is -0.494 e. The van der Waals surface area contributed by atoms with Crippen LogP contribution in [0.4, 0.5) is 0 Å². The summed E-state index contributed by atoms with van der Waals surface area (Å²) in [5, 5.41) is 9.90. The number of amides is 1. The second-order valence-electron chi connectivity index (χ2n) is 10.6. The molecule has 0 unspecified atom stereocenters. The molecular weight excluding hydrogens is 671 g/mol. The molecule has 0 bridgehead atoms. The predicted octanol–water partition coefficient (Wildman–Crippen LogP) is 4.97. The van der Waals surface area contributed by atoms with Gasteiger partial charge in [0.05, 0.1) is 19.8 Å². The monoisotopic (exact) mass is 704 g/mol. The summed E-state index contributed by atoms with van der Waals surface area (Å²) in [4.78, 5) is 21.6. The van der Waals surface area contributed by atoms with Crippen LogP contribution in [-0.4, -0.2) is 80.0 Å². The second-order valence-corrected chi connectivity index (χ2v) is 12.4. The molecule has 3 N–H and O–H groups in total. The van der Waals surface area contributed by atoms with Gasteiger partial charge in [-0.05, 0) is 54.1 Å². The Morgan fingerprint density at radius 3 is 2.55 bits per heavy atom. The number of ether oxygens (including phenoxy) is 3. The highest BCUT2D eigenvalue weighted by molar-refractivity contribution is 9.10. The Labute approximate surface area is 275 Å². The van der Waals surface area contributed by atoms with Crippen molar-refractivity contribution in [3.05, 3.63) is 97.9 Å². The summed E-state index contributed by atoms with van der Waals surface area (Å²) >= 11 is 16.5. The molecular formula is C32H35BrCl2N4O5. The topological polar surface area (TPSA) is 105 Å². The number of carbonyl (C=O) groups excluding carboxylic acids is 1. The first-order chi connectivity index (χ1) is 21.4. The number of carbonyl (C=O) groups is 1. The number of nitrogens with one attached hydrogen (secondary N) is 2. The van der Waals surface area contributed by atoms with E-state index < -0.39 is 11.6 Å². The molecule has 1 amide bonds. The van der Waals surface area contributed by atoms with Crippen LogP contribution in [-0.2, 0) is 20.7 Å². The van der Waals surface area contributed by atoms with Crippen molar-refractivity contribution < 1.29 is 24.1 Å². The standard InChI is InChI=1S/C32H35BrCl2N4O5/c33-24-6-2-22(3-7-24)21-32(31(41)38-36-12-13-39-14-18-42-19-15-39)29(27-11-8-25(34)20-28(27)35)44-30(37-32)23-4-9-26(10-5-23)43-17-1-16-40/h2-11,20,29,36,40H,1,12-19,21H2,(H,38,41)/t29-,32-/m0/s1. The molecule has 12 heteroatoms. The van der Waals surface area contributed by atoms with Crippen molar-refractivity contribution in [1.82, 2.24) is 15.8 Å². The van der Waals surface area contributed by atoms with Gasteiger partial charge in [0.2, 0.25) is 5.90 Å². The number of hydrazine groups is 1. The van der Waals surface area contributed by atoms with Crippen molar-refractivity contribution in [2.75, 3.05) is 52.6 Å². The molecule has 3 aromatic carbocycles. The zero-order valence-electron chi connectivity index (χ0n) is 24.1. The summed E-state index contributed by atoms with van der Waals surface area (Å²) in [6.07, 6.45) is -0.0745. The van der Waals surface area contributed by atoms with E-state index in [4.69, 9.17) is 47.5 Å². The Hall–Kier alpha value is -2.70. The maximum atomic E-state index is 14.3. The molecule has 2 aliphatic heterocycles. The zero-order chi connectivity index (χ0) is 30.9. The van der Waals surface area contributed by atoms with Crippen LogP contribution in [0.3, 0.4) is 0 Å². The quantitative estimate of drug-likeness (QED) is 0.171. The van der Waals surface area contributed by atoms with Gasteiger partial charge in [-0.1, -0.05) is 57.3 Å². The number of hydrogen-bond acceptors (Lipinski definition) is 8. The smallest absolute Gasteiger partial charge is 0.266 e. The number of nitrogens with zero attached hydrogens (tertiary/aromatic N) is 2. The van der Waals surface area contributed by atoms with Crippen LogP contribution >= 0.6 is 39.1 Å². The molecule has 0 aliphatic carbocycles. The molecule has 3 aromatic rings. The average molecular weight is 706 g/mol. The first-order valence-corrected chi connectivity index (χ1v) is 16.1. The molecule has 234 valence electrons. The Balaban J connectivity index is 1.48. The molecule has 2 atom stereocenters. The molecule has 1 saturated heterocycles. The largest absolute Gasteiger partial charge is 0.494 e. The van der Waals surface area contributed by atoms with Crippen LogP contribution in [0.2, 0.25) is 10.0 Å². The van der Waals surface area contributed by atoms with E-state index in [9.17, 15) is 4.79 Å². The number of aliphatic imine (C=N–C) groups is 1. The molecule has 5 rings (SSSR count). The maximum Gasteiger partial charge on any atom is 0.266 e. The third-order valence-electron chi connectivity index (χ3n) is 7.52. The Kier molecular flexibility index (Phi) is 11.5. The van der Waals surface area contributed by atoms with Gasteiger partial charge >= 0.3 is 0 Å². The minimum atomic E-state index is -1.41. The van der Waals surface area contributed by atoms with Crippen LogP contribution in [0, 0.1) is 0 Å².